The standard InChI is InChI=1S/C27H50N.C8H10O3S/c1-4-5-6-7-8-9-10-11-12-13-14-15-16-17-18-22-25-28(2,3)26-27-23-20-19-21-24-27;1-6-3-4-7(2)8(5-6)12(9,10)11/h19-21,23-24H,4-18,22,25-26H2,1-3H3;3-5H,1-2H3,(H,9,10,11)/q+1;/p-1. The second-order valence-electron chi connectivity index (χ2n) is 12.3. The summed E-state index contributed by atoms with van der Waals surface area (Å²) in [5.74, 6) is 0. The maximum absolute atomic E-state index is 10.7. The topological polar surface area (TPSA) is 57.2 Å². The summed E-state index contributed by atoms with van der Waals surface area (Å²) in [6.45, 7) is 8.10. The molecule has 4 nitrogen and oxygen atoms in total. The lowest BCUT2D eigenvalue weighted by atomic mass is 10.0. The molecule has 0 spiro atoms. The molecular formula is C35H59NO3S. The molecular weight excluding hydrogens is 514 g/mol. The average Bonchev–Trinajstić information content (AvgIpc) is 2.90. The highest BCUT2D eigenvalue weighted by Crippen LogP contribution is 2.17. The van der Waals surface area contributed by atoms with Crippen LogP contribution >= 0.6 is 0 Å². The van der Waals surface area contributed by atoms with Gasteiger partial charge in [-0.05, 0) is 43.9 Å². The monoisotopic (exact) mass is 573 g/mol. The van der Waals surface area contributed by atoms with Gasteiger partial charge in [0.05, 0.1) is 25.5 Å². The zero-order valence-corrected chi connectivity index (χ0v) is 27.2. The lowest BCUT2D eigenvalue weighted by Crippen LogP contribution is -2.39. The van der Waals surface area contributed by atoms with Crippen molar-refractivity contribution in [2.75, 3.05) is 20.6 Å². The summed E-state index contributed by atoms with van der Waals surface area (Å²) in [6, 6.07) is 15.7. The van der Waals surface area contributed by atoms with Crippen LogP contribution in [0.1, 0.15) is 126 Å². The zero-order chi connectivity index (χ0) is 29.7. The summed E-state index contributed by atoms with van der Waals surface area (Å²) >= 11 is 0. The van der Waals surface area contributed by atoms with E-state index in [2.05, 4.69) is 51.4 Å². The van der Waals surface area contributed by atoms with Crippen LogP contribution in [0.25, 0.3) is 0 Å². The van der Waals surface area contributed by atoms with Crippen molar-refractivity contribution in [1.82, 2.24) is 0 Å². The number of aryl methyl sites for hydroxylation is 2. The predicted octanol–water partition coefficient (Wildman–Crippen LogP) is 9.73. The molecule has 0 heterocycles. The fourth-order valence-electron chi connectivity index (χ4n) is 5.22. The zero-order valence-electron chi connectivity index (χ0n) is 26.4. The summed E-state index contributed by atoms with van der Waals surface area (Å²) < 4.78 is 33.1. The lowest BCUT2D eigenvalue weighted by Gasteiger charge is -2.30. The van der Waals surface area contributed by atoms with Gasteiger partial charge in [0.1, 0.15) is 16.7 Å². The van der Waals surface area contributed by atoms with Crippen LogP contribution in [0.3, 0.4) is 0 Å². The number of hydrogen-bond acceptors (Lipinski definition) is 3. The van der Waals surface area contributed by atoms with Crippen molar-refractivity contribution in [2.24, 2.45) is 0 Å². The first kappa shape index (κ1) is 36.3. The molecule has 0 amide bonds. The Morgan fingerprint density at radius 3 is 1.52 bits per heavy atom. The number of quaternary nitrogens is 1. The molecule has 0 saturated carbocycles. The fraction of sp³-hybridized carbons (Fsp3) is 0.657. The summed E-state index contributed by atoms with van der Waals surface area (Å²) in [5.41, 5.74) is 2.73. The highest BCUT2D eigenvalue weighted by molar-refractivity contribution is 7.85. The number of rotatable bonds is 20. The normalized spacial score (nSPS) is 11.8. The molecule has 228 valence electrons. The average molecular weight is 574 g/mol. The van der Waals surface area contributed by atoms with Gasteiger partial charge in [0.25, 0.3) is 0 Å². The highest BCUT2D eigenvalue weighted by Gasteiger charge is 2.14. The molecule has 0 atom stereocenters. The first-order chi connectivity index (χ1) is 19.0. The molecule has 0 aliphatic carbocycles. The second kappa shape index (κ2) is 21.1. The van der Waals surface area contributed by atoms with Crippen molar-refractivity contribution >= 4 is 10.1 Å². The molecule has 2 aromatic carbocycles. The molecule has 0 radical (unpaired) electrons. The van der Waals surface area contributed by atoms with Crippen LogP contribution in [-0.2, 0) is 16.7 Å². The number of nitrogens with zero attached hydrogens (tertiary/aromatic N) is 1. The molecule has 0 aromatic heterocycles. The molecule has 0 unspecified atom stereocenters. The Labute approximate surface area is 247 Å². The first-order valence-corrected chi connectivity index (χ1v) is 17.3. The molecule has 0 N–H and O–H groups in total. The van der Waals surface area contributed by atoms with Crippen molar-refractivity contribution in [2.45, 2.75) is 135 Å². The van der Waals surface area contributed by atoms with E-state index in [4.69, 9.17) is 0 Å². The molecule has 2 rings (SSSR count). The van der Waals surface area contributed by atoms with Crippen LogP contribution in [0.2, 0.25) is 0 Å². The molecule has 40 heavy (non-hydrogen) atoms. The minimum absolute atomic E-state index is 0.123. The van der Waals surface area contributed by atoms with Gasteiger partial charge in [-0.1, -0.05) is 139 Å². The van der Waals surface area contributed by atoms with Crippen LogP contribution in [0.5, 0.6) is 0 Å². The van der Waals surface area contributed by atoms with E-state index < -0.39 is 10.1 Å². The van der Waals surface area contributed by atoms with E-state index in [1.54, 1.807) is 26.0 Å². The van der Waals surface area contributed by atoms with Gasteiger partial charge in [0, 0.05) is 5.56 Å². The fourth-order valence-corrected chi connectivity index (χ4v) is 6.01. The van der Waals surface area contributed by atoms with Gasteiger partial charge < -0.3 is 9.04 Å². The van der Waals surface area contributed by atoms with Gasteiger partial charge in [-0.3, -0.25) is 0 Å². The largest absolute Gasteiger partial charge is 0.744 e. The summed E-state index contributed by atoms with van der Waals surface area (Å²) in [4.78, 5) is -0.123. The molecule has 0 aliphatic rings. The minimum atomic E-state index is -4.31. The Hall–Kier alpha value is -1.69. The Balaban J connectivity index is 0.000000552. The summed E-state index contributed by atoms with van der Waals surface area (Å²) in [6.07, 6.45) is 23.2. The van der Waals surface area contributed by atoms with Gasteiger partial charge in [0.15, 0.2) is 0 Å². The molecule has 0 bridgehead atoms. The van der Waals surface area contributed by atoms with Crippen LogP contribution in [0.4, 0.5) is 0 Å². The lowest BCUT2D eigenvalue weighted by molar-refractivity contribution is -0.903. The van der Waals surface area contributed by atoms with E-state index in [-0.39, 0.29) is 4.90 Å². The molecule has 5 heteroatoms. The summed E-state index contributed by atoms with van der Waals surface area (Å²) in [7, 11) is 0.440. The van der Waals surface area contributed by atoms with Crippen molar-refractivity contribution in [1.29, 1.82) is 0 Å². The molecule has 0 saturated heterocycles. The van der Waals surface area contributed by atoms with E-state index >= 15 is 0 Å². The van der Waals surface area contributed by atoms with Crippen molar-refractivity contribution in [3.63, 3.8) is 0 Å². The maximum Gasteiger partial charge on any atom is 0.124 e. The van der Waals surface area contributed by atoms with Gasteiger partial charge in [-0.15, -0.1) is 0 Å². The molecule has 0 fully saturated rings. The Kier molecular flexibility index (Phi) is 19.1. The molecule has 0 aliphatic heterocycles. The minimum Gasteiger partial charge on any atom is -0.744 e. The van der Waals surface area contributed by atoms with E-state index in [9.17, 15) is 13.0 Å². The van der Waals surface area contributed by atoms with Gasteiger partial charge >= 0.3 is 0 Å². The van der Waals surface area contributed by atoms with Crippen LogP contribution in [0, 0.1) is 13.8 Å². The van der Waals surface area contributed by atoms with Gasteiger partial charge in [-0.25, -0.2) is 8.42 Å². The van der Waals surface area contributed by atoms with Crippen molar-refractivity contribution in [3.05, 3.63) is 65.2 Å². The predicted molar refractivity (Wildman–Crippen MR) is 171 cm³/mol. The Morgan fingerprint density at radius 2 is 1.10 bits per heavy atom. The third kappa shape index (κ3) is 18.6. The van der Waals surface area contributed by atoms with Crippen LogP contribution in [-0.4, -0.2) is 38.1 Å². The number of unbranched alkanes of at least 4 members (excludes halogenated alkanes) is 15. The first-order valence-electron chi connectivity index (χ1n) is 15.9. The SMILES string of the molecule is CCCCCCCCCCCCCCCCCC[N+](C)(C)Cc1ccccc1.Cc1ccc(C)c(S(=O)(=O)[O-])c1. The van der Waals surface area contributed by atoms with Gasteiger partial charge in [-0.2, -0.15) is 0 Å². The van der Waals surface area contributed by atoms with E-state index in [0.29, 0.717) is 5.56 Å². The van der Waals surface area contributed by atoms with E-state index in [1.165, 1.54) is 121 Å². The third-order valence-corrected chi connectivity index (χ3v) is 8.66. The van der Waals surface area contributed by atoms with Crippen LogP contribution < -0.4 is 0 Å². The highest BCUT2D eigenvalue weighted by atomic mass is 32.2. The van der Waals surface area contributed by atoms with E-state index in [1.807, 2.05) is 0 Å². The number of hydrogen-bond donors (Lipinski definition) is 0. The third-order valence-electron chi connectivity index (χ3n) is 7.68. The van der Waals surface area contributed by atoms with Crippen molar-refractivity contribution < 1.29 is 17.5 Å². The van der Waals surface area contributed by atoms with E-state index in [0.717, 1.165) is 16.6 Å². The van der Waals surface area contributed by atoms with Crippen LogP contribution in [0.15, 0.2) is 53.4 Å². The Morgan fingerprint density at radius 1 is 0.650 bits per heavy atom. The second-order valence-corrected chi connectivity index (χ2v) is 13.7. The quantitative estimate of drug-likeness (QED) is 0.0900. The maximum atomic E-state index is 10.7. The Bertz CT molecular complexity index is 1000. The van der Waals surface area contributed by atoms with Gasteiger partial charge in [0.2, 0.25) is 0 Å². The summed E-state index contributed by atoms with van der Waals surface area (Å²) in [5, 5.41) is 0. The van der Waals surface area contributed by atoms with Crippen molar-refractivity contribution in [3.8, 4) is 0 Å². The number of benzene rings is 2. The molecule has 2 aromatic rings. The smallest absolute Gasteiger partial charge is 0.124 e.